The standard InChI is InChI=1S/C28H21ClF3N3O5/c1-2-14-40-27(39)16-10-12-19(13-11-16)35-25(37)22(29)23(26(35)38)33-18-7-5-6-17(15-18)24(36)34-21-9-4-3-8-20(21)28(30,31)32/h3-13,15,33H,2,14H2,1H3,(H,34,36). The number of imide groups is 1. The van der Waals surface area contributed by atoms with Crippen LogP contribution in [0.4, 0.5) is 30.2 Å². The Hall–Kier alpha value is -4.64. The van der Waals surface area contributed by atoms with Crippen LogP contribution in [0.15, 0.2) is 83.5 Å². The number of anilines is 3. The van der Waals surface area contributed by atoms with E-state index in [2.05, 4.69) is 10.6 Å². The van der Waals surface area contributed by atoms with Crippen molar-refractivity contribution in [2.75, 3.05) is 22.1 Å². The summed E-state index contributed by atoms with van der Waals surface area (Å²) in [4.78, 5) is 51.5. The number of para-hydroxylation sites is 1. The molecule has 1 heterocycles. The number of rotatable bonds is 8. The summed E-state index contributed by atoms with van der Waals surface area (Å²) in [5.74, 6) is -2.97. The van der Waals surface area contributed by atoms with E-state index >= 15 is 0 Å². The number of nitrogens with one attached hydrogen (secondary N) is 2. The third kappa shape index (κ3) is 5.99. The second kappa shape index (κ2) is 11.6. The van der Waals surface area contributed by atoms with E-state index in [1.807, 2.05) is 6.92 Å². The van der Waals surface area contributed by atoms with Crippen molar-refractivity contribution < 1.29 is 37.1 Å². The van der Waals surface area contributed by atoms with Gasteiger partial charge in [0.05, 0.1) is 29.1 Å². The van der Waals surface area contributed by atoms with E-state index in [9.17, 15) is 32.3 Å². The molecule has 3 aromatic carbocycles. The summed E-state index contributed by atoms with van der Waals surface area (Å²) in [5.41, 5.74) is -1.12. The Morgan fingerprint density at radius 1 is 0.925 bits per heavy atom. The normalized spacial score (nSPS) is 13.5. The number of carbonyl (C=O) groups excluding carboxylic acids is 4. The van der Waals surface area contributed by atoms with Gasteiger partial charge in [0, 0.05) is 11.3 Å². The van der Waals surface area contributed by atoms with Crippen LogP contribution in [-0.2, 0) is 20.5 Å². The van der Waals surface area contributed by atoms with Crippen molar-refractivity contribution in [1.29, 1.82) is 0 Å². The van der Waals surface area contributed by atoms with Crippen molar-refractivity contribution in [2.24, 2.45) is 0 Å². The molecule has 12 heteroatoms. The summed E-state index contributed by atoms with van der Waals surface area (Å²) in [5, 5.41) is 4.55. The summed E-state index contributed by atoms with van der Waals surface area (Å²) in [6.07, 6.45) is -4.02. The monoisotopic (exact) mass is 571 g/mol. The van der Waals surface area contributed by atoms with Gasteiger partial charge in [0.25, 0.3) is 17.7 Å². The van der Waals surface area contributed by atoms with Crippen LogP contribution in [0.2, 0.25) is 0 Å². The SMILES string of the molecule is CCCOC(=O)c1ccc(N2C(=O)C(Cl)=C(Nc3cccc(C(=O)Nc4ccccc4C(F)(F)F)c3)C2=O)cc1. The maximum absolute atomic E-state index is 13.3. The van der Waals surface area contributed by atoms with E-state index in [0.29, 0.717) is 6.42 Å². The molecule has 40 heavy (non-hydrogen) atoms. The molecule has 3 aromatic rings. The number of halogens is 4. The van der Waals surface area contributed by atoms with E-state index in [-0.39, 0.29) is 34.8 Å². The molecule has 206 valence electrons. The van der Waals surface area contributed by atoms with Crippen LogP contribution >= 0.6 is 11.6 Å². The quantitative estimate of drug-likeness (QED) is 0.255. The molecular weight excluding hydrogens is 551 g/mol. The molecule has 0 saturated heterocycles. The molecule has 0 atom stereocenters. The molecule has 1 aliphatic heterocycles. The van der Waals surface area contributed by atoms with Crippen LogP contribution in [0.5, 0.6) is 0 Å². The second-order valence-corrected chi connectivity index (χ2v) is 8.90. The van der Waals surface area contributed by atoms with E-state index in [0.717, 1.165) is 17.0 Å². The average molecular weight is 572 g/mol. The predicted octanol–water partition coefficient (Wildman–Crippen LogP) is 5.96. The molecule has 8 nitrogen and oxygen atoms in total. The maximum atomic E-state index is 13.3. The maximum Gasteiger partial charge on any atom is 0.418 e. The van der Waals surface area contributed by atoms with Gasteiger partial charge in [0.15, 0.2) is 0 Å². The summed E-state index contributed by atoms with van der Waals surface area (Å²) in [7, 11) is 0. The van der Waals surface area contributed by atoms with Gasteiger partial charge in [-0.1, -0.05) is 36.7 Å². The van der Waals surface area contributed by atoms with Gasteiger partial charge in [0.1, 0.15) is 10.7 Å². The number of hydrogen-bond donors (Lipinski definition) is 2. The molecule has 0 unspecified atom stereocenters. The fourth-order valence-electron chi connectivity index (χ4n) is 3.79. The highest BCUT2D eigenvalue weighted by molar-refractivity contribution is 6.53. The minimum Gasteiger partial charge on any atom is -0.462 e. The summed E-state index contributed by atoms with van der Waals surface area (Å²) in [6.45, 7) is 2.11. The van der Waals surface area contributed by atoms with Gasteiger partial charge in [-0.05, 0) is 61.0 Å². The van der Waals surface area contributed by atoms with E-state index in [1.54, 1.807) is 0 Å². The van der Waals surface area contributed by atoms with Crippen molar-refractivity contribution in [3.05, 3.63) is 100 Å². The van der Waals surface area contributed by atoms with E-state index in [4.69, 9.17) is 16.3 Å². The molecule has 2 N–H and O–H groups in total. The molecule has 0 saturated carbocycles. The Labute approximate surface area is 231 Å². The first kappa shape index (κ1) is 28.4. The number of carbonyl (C=O) groups is 4. The first-order valence-corrected chi connectivity index (χ1v) is 12.3. The highest BCUT2D eigenvalue weighted by Gasteiger charge is 2.39. The largest absolute Gasteiger partial charge is 0.462 e. The minimum atomic E-state index is -4.67. The zero-order valence-electron chi connectivity index (χ0n) is 20.8. The van der Waals surface area contributed by atoms with Gasteiger partial charge in [-0.15, -0.1) is 0 Å². The lowest BCUT2D eigenvalue weighted by molar-refractivity contribution is -0.137. The molecule has 0 bridgehead atoms. The fourth-order valence-corrected chi connectivity index (χ4v) is 4.00. The lowest BCUT2D eigenvalue weighted by Crippen LogP contribution is -2.32. The Bertz CT molecular complexity index is 1520. The van der Waals surface area contributed by atoms with Gasteiger partial charge < -0.3 is 15.4 Å². The van der Waals surface area contributed by atoms with Crippen molar-refractivity contribution in [3.8, 4) is 0 Å². The van der Waals surface area contributed by atoms with Crippen molar-refractivity contribution in [2.45, 2.75) is 19.5 Å². The zero-order chi connectivity index (χ0) is 29.0. The Kier molecular flexibility index (Phi) is 8.24. The van der Waals surface area contributed by atoms with Gasteiger partial charge >= 0.3 is 12.1 Å². The number of benzene rings is 3. The molecule has 0 aromatic heterocycles. The van der Waals surface area contributed by atoms with Gasteiger partial charge in [0.2, 0.25) is 0 Å². The van der Waals surface area contributed by atoms with Crippen molar-refractivity contribution >= 4 is 52.4 Å². The fraction of sp³-hybridized carbons (Fsp3) is 0.143. The number of hydrogen-bond acceptors (Lipinski definition) is 6. The van der Waals surface area contributed by atoms with Crippen LogP contribution in [0.25, 0.3) is 0 Å². The van der Waals surface area contributed by atoms with Gasteiger partial charge in [-0.2, -0.15) is 13.2 Å². The zero-order valence-corrected chi connectivity index (χ0v) is 21.6. The number of ether oxygens (including phenoxy) is 1. The van der Waals surface area contributed by atoms with Crippen LogP contribution in [0.1, 0.15) is 39.6 Å². The van der Waals surface area contributed by atoms with Crippen LogP contribution in [0, 0.1) is 0 Å². The molecule has 0 spiro atoms. The Balaban J connectivity index is 1.50. The molecular formula is C28H21ClF3N3O5. The topological polar surface area (TPSA) is 105 Å². The molecule has 0 aliphatic carbocycles. The van der Waals surface area contributed by atoms with Crippen LogP contribution in [-0.4, -0.2) is 30.3 Å². The van der Waals surface area contributed by atoms with E-state index in [1.165, 1.54) is 60.7 Å². The smallest absolute Gasteiger partial charge is 0.418 e. The number of amides is 3. The first-order chi connectivity index (χ1) is 19.0. The minimum absolute atomic E-state index is 0.0159. The molecule has 0 radical (unpaired) electrons. The molecule has 1 aliphatic rings. The Morgan fingerprint density at radius 3 is 2.30 bits per heavy atom. The van der Waals surface area contributed by atoms with Crippen LogP contribution in [0.3, 0.4) is 0 Å². The van der Waals surface area contributed by atoms with Gasteiger partial charge in [-0.25, -0.2) is 9.69 Å². The summed E-state index contributed by atoms with van der Waals surface area (Å²) < 4.78 is 44.9. The molecule has 3 amide bonds. The number of esters is 1. The highest BCUT2D eigenvalue weighted by Crippen LogP contribution is 2.35. The van der Waals surface area contributed by atoms with Crippen LogP contribution < -0.4 is 15.5 Å². The lowest BCUT2D eigenvalue weighted by Gasteiger charge is -2.16. The first-order valence-electron chi connectivity index (χ1n) is 11.9. The van der Waals surface area contributed by atoms with Gasteiger partial charge in [-0.3, -0.25) is 14.4 Å². The number of nitrogens with zero attached hydrogens (tertiary/aromatic N) is 1. The summed E-state index contributed by atoms with van der Waals surface area (Å²) in [6, 6.07) is 15.7. The van der Waals surface area contributed by atoms with E-state index < -0.39 is 46.2 Å². The summed E-state index contributed by atoms with van der Waals surface area (Å²) >= 11 is 6.17. The average Bonchev–Trinajstić information content (AvgIpc) is 3.14. The van der Waals surface area contributed by atoms with Crippen molar-refractivity contribution in [1.82, 2.24) is 0 Å². The highest BCUT2D eigenvalue weighted by atomic mass is 35.5. The Morgan fingerprint density at radius 2 is 1.62 bits per heavy atom. The second-order valence-electron chi connectivity index (χ2n) is 8.52. The third-order valence-electron chi connectivity index (χ3n) is 5.70. The predicted molar refractivity (Wildman–Crippen MR) is 142 cm³/mol. The third-order valence-corrected chi connectivity index (χ3v) is 6.05. The molecule has 4 rings (SSSR count). The lowest BCUT2D eigenvalue weighted by atomic mass is 10.1. The molecule has 0 fully saturated rings. The number of alkyl halides is 3. The van der Waals surface area contributed by atoms with Crippen molar-refractivity contribution in [3.63, 3.8) is 0 Å².